The second kappa shape index (κ2) is 15.0. The van der Waals surface area contributed by atoms with Gasteiger partial charge in [0.1, 0.15) is 0 Å². The second-order valence-corrected chi connectivity index (χ2v) is 14.4. The number of benzene rings is 10. The lowest BCUT2D eigenvalue weighted by Gasteiger charge is -2.34. The SMILES string of the molecule is c1ccc(-c2ccccc2N(c2c(-c3ccccc3)cccc2-c2ccccc2)c2cccc3c2c(-c2ccccc2)c(-c2ccccc2)c2ccccc23)cc1. The smallest absolute Gasteiger partial charge is 0.0618 e. The first-order valence-electron chi connectivity index (χ1n) is 19.6. The summed E-state index contributed by atoms with van der Waals surface area (Å²) in [6.07, 6.45) is 0. The average Bonchev–Trinajstić information content (AvgIpc) is 3.30. The Hall–Kier alpha value is -7.48. The van der Waals surface area contributed by atoms with E-state index in [1.165, 1.54) is 43.8 Å². The number of hydrogen-bond donors (Lipinski definition) is 0. The second-order valence-electron chi connectivity index (χ2n) is 14.4. The largest absolute Gasteiger partial charge is 0.308 e. The van der Waals surface area contributed by atoms with E-state index >= 15 is 0 Å². The summed E-state index contributed by atoms with van der Waals surface area (Å²) in [6.45, 7) is 0. The van der Waals surface area contributed by atoms with E-state index < -0.39 is 0 Å². The Bertz CT molecular complexity index is 2920. The van der Waals surface area contributed by atoms with Crippen LogP contribution in [0.15, 0.2) is 237 Å². The number of hydrogen-bond acceptors (Lipinski definition) is 1. The van der Waals surface area contributed by atoms with Crippen LogP contribution in [0.25, 0.3) is 77.2 Å². The minimum absolute atomic E-state index is 1.10. The van der Waals surface area contributed by atoms with Gasteiger partial charge in [-0.25, -0.2) is 0 Å². The van der Waals surface area contributed by atoms with E-state index in [9.17, 15) is 0 Å². The molecular weight excluding hydrogens is 687 g/mol. The quantitative estimate of drug-likeness (QED) is 0.141. The van der Waals surface area contributed by atoms with Crippen LogP contribution in [0, 0.1) is 0 Å². The van der Waals surface area contributed by atoms with Crippen LogP contribution in [-0.4, -0.2) is 0 Å². The predicted molar refractivity (Wildman–Crippen MR) is 243 cm³/mol. The first-order chi connectivity index (χ1) is 28.3. The highest BCUT2D eigenvalue weighted by Gasteiger charge is 2.28. The zero-order chi connectivity index (χ0) is 38.0. The summed E-state index contributed by atoms with van der Waals surface area (Å²) >= 11 is 0. The lowest BCUT2D eigenvalue weighted by atomic mass is 9.84. The molecule has 10 aromatic carbocycles. The Morgan fingerprint density at radius 1 is 0.228 bits per heavy atom. The van der Waals surface area contributed by atoms with Crippen LogP contribution in [0.3, 0.4) is 0 Å². The van der Waals surface area contributed by atoms with Crippen molar-refractivity contribution in [3.05, 3.63) is 237 Å². The minimum Gasteiger partial charge on any atom is -0.308 e. The highest BCUT2D eigenvalue weighted by molar-refractivity contribution is 6.25. The predicted octanol–water partition coefficient (Wildman–Crippen LogP) is 15.8. The third-order valence-electron chi connectivity index (χ3n) is 11.1. The van der Waals surface area contributed by atoms with Crippen molar-refractivity contribution in [1.29, 1.82) is 0 Å². The van der Waals surface area contributed by atoms with E-state index in [1.54, 1.807) is 0 Å². The maximum atomic E-state index is 2.56. The molecule has 0 N–H and O–H groups in total. The monoisotopic (exact) mass is 725 g/mol. The molecule has 0 radical (unpaired) electrons. The number of anilines is 3. The van der Waals surface area contributed by atoms with Gasteiger partial charge in [-0.05, 0) is 61.7 Å². The van der Waals surface area contributed by atoms with Crippen LogP contribution in [0.4, 0.5) is 17.1 Å². The fraction of sp³-hybridized carbons (Fsp3) is 0. The molecule has 0 bridgehead atoms. The normalized spacial score (nSPS) is 11.2. The van der Waals surface area contributed by atoms with Gasteiger partial charge in [-0.3, -0.25) is 0 Å². The summed E-state index contributed by atoms with van der Waals surface area (Å²) in [6, 6.07) is 85.8. The molecule has 1 heteroatoms. The van der Waals surface area contributed by atoms with Gasteiger partial charge in [0, 0.05) is 27.6 Å². The highest BCUT2D eigenvalue weighted by Crippen LogP contribution is 2.54. The van der Waals surface area contributed by atoms with Crippen molar-refractivity contribution in [3.8, 4) is 55.6 Å². The number of nitrogens with zero attached hydrogens (tertiary/aromatic N) is 1. The third kappa shape index (κ3) is 6.16. The van der Waals surface area contributed by atoms with Crippen LogP contribution in [0.1, 0.15) is 0 Å². The van der Waals surface area contributed by atoms with Crippen LogP contribution in [0.5, 0.6) is 0 Å². The molecule has 0 fully saturated rings. The van der Waals surface area contributed by atoms with E-state index in [4.69, 9.17) is 0 Å². The molecule has 268 valence electrons. The van der Waals surface area contributed by atoms with Crippen molar-refractivity contribution in [1.82, 2.24) is 0 Å². The Labute approximate surface area is 334 Å². The molecule has 0 aliphatic heterocycles. The molecular formula is C56H39N. The van der Waals surface area contributed by atoms with E-state index in [0.717, 1.165) is 50.4 Å². The maximum Gasteiger partial charge on any atom is 0.0618 e. The van der Waals surface area contributed by atoms with Crippen LogP contribution >= 0.6 is 0 Å². The zero-order valence-electron chi connectivity index (χ0n) is 31.5. The number of para-hydroxylation sites is 2. The third-order valence-corrected chi connectivity index (χ3v) is 11.1. The molecule has 57 heavy (non-hydrogen) atoms. The fourth-order valence-corrected chi connectivity index (χ4v) is 8.59. The molecule has 0 aliphatic carbocycles. The summed E-state index contributed by atoms with van der Waals surface area (Å²) in [5.41, 5.74) is 15.1. The fourth-order valence-electron chi connectivity index (χ4n) is 8.59. The minimum atomic E-state index is 1.10. The molecule has 0 heterocycles. The Morgan fingerprint density at radius 2 is 0.596 bits per heavy atom. The van der Waals surface area contributed by atoms with Crippen molar-refractivity contribution in [2.24, 2.45) is 0 Å². The van der Waals surface area contributed by atoms with Gasteiger partial charge >= 0.3 is 0 Å². The first-order valence-corrected chi connectivity index (χ1v) is 19.6. The summed E-state index contributed by atoms with van der Waals surface area (Å²) < 4.78 is 0. The highest BCUT2D eigenvalue weighted by atomic mass is 15.2. The van der Waals surface area contributed by atoms with Crippen molar-refractivity contribution >= 4 is 38.6 Å². The van der Waals surface area contributed by atoms with Gasteiger partial charge in [-0.2, -0.15) is 0 Å². The van der Waals surface area contributed by atoms with Gasteiger partial charge in [0.05, 0.1) is 17.1 Å². The maximum absolute atomic E-state index is 2.56. The van der Waals surface area contributed by atoms with Gasteiger partial charge in [-0.15, -0.1) is 0 Å². The zero-order valence-corrected chi connectivity index (χ0v) is 31.5. The van der Waals surface area contributed by atoms with Gasteiger partial charge in [0.25, 0.3) is 0 Å². The van der Waals surface area contributed by atoms with Crippen LogP contribution in [0.2, 0.25) is 0 Å². The number of fused-ring (bicyclic) bond motifs is 3. The Kier molecular flexibility index (Phi) is 8.95. The molecule has 0 amide bonds. The summed E-state index contributed by atoms with van der Waals surface area (Å²) in [7, 11) is 0. The lowest BCUT2D eigenvalue weighted by Crippen LogP contribution is -2.15. The first kappa shape index (κ1) is 34.0. The van der Waals surface area contributed by atoms with Gasteiger partial charge < -0.3 is 4.90 Å². The molecule has 0 spiro atoms. The van der Waals surface area contributed by atoms with E-state index in [1.807, 2.05) is 0 Å². The molecule has 0 aliphatic rings. The van der Waals surface area contributed by atoms with E-state index in [0.29, 0.717) is 0 Å². The molecule has 10 aromatic rings. The Balaban J connectivity index is 1.44. The topological polar surface area (TPSA) is 3.24 Å². The molecule has 10 rings (SSSR count). The molecule has 1 nitrogen and oxygen atoms in total. The molecule has 0 saturated heterocycles. The van der Waals surface area contributed by atoms with Crippen molar-refractivity contribution in [3.63, 3.8) is 0 Å². The van der Waals surface area contributed by atoms with Gasteiger partial charge in [-0.1, -0.05) is 224 Å². The summed E-state index contributed by atoms with van der Waals surface area (Å²) in [5, 5.41) is 4.87. The van der Waals surface area contributed by atoms with E-state index in [2.05, 4.69) is 241 Å². The molecule has 0 unspecified atom stereocenters. The standard InChI is InChI=1S/C56H39N/c1-6-22-40(23-7-1)45-32-18-19-38-51(45)57(56-46(41-24-8-2-9-25-41)35-20-36-47(56)42-26-10-3-11-27-42)52-39-21-37-50-48-33-16-17-34-49(48)53(43-28-12-4-13-29-43)54(55(50)52)44-30-14-5-15-31-44/h1-39H. The molecule has 0 saturated carbocycles. The molecule has 0 atom stereocenters. The van der Waals surface area contributed by atoms with Crippen molar-refractivity contribution in [2.75, 3.05) is 4.90 Å². The van der Waals surface area contributed by atoms with Gasteiger partial charge in [0.15, 0.2) is 0 Å². The average molecular weight is 726 g/mol. The number of rotatable bonds is 8. The van der Waals surface area contributed by atoms with Gasteiger partial charge in [0.2, 0.25) is 0 Å². The van der Waals surface area contributed by atoms with Crippen LogP contribution < -0.4 is 4.90 Å². The summed E-state index contributed by atoms with van der Waals surface area (Å²) in [4.78, 5) is 2.56. The lowest BCUT2D eigenvalue weighted by molar-refractivity contribution is 1.30. The van der Waals surface area contributed by atoms with Crippen molar-refractivity contribution < 1.29 is 0 Å². The Morgan fingerprint density at radius 3 is 1.16 bits per heavy atom. The molecule has 0 aromatic heterocycles. The summed E-state index contributed by atoms with van der Waals surface area (Å²) in [5.74, 6) is 0. The van der Waals surface area contributed by atoms with E-state index in [-0.39, 0.29) is 0 Å². The van der Waals surface area contributed by atoms with Crippen molar-refractivity contribution in [2.45, 2.75) is 0 Å². The van der Waals surface area contributed by atoms with Crippen LogP contribution in [-0.2, 0) is 0 Å².